The number of carbonyl (C=O) groups is 1. The number of rotatable bonds is 5. The fourth-order valence-corrected chi connectivity index (χ4v) is 4.26. The first kappa shape index (κ1) is 17.6. The quantitative estimate of drug-likeness (QED) is 0.685. The molecule has 9 heteroatoms. The van der Waals surface area contributed by atoms with Crippen LogP contribution in [0, 0.1) is 6.92 Å². The van der Waals surface area contributed by atoms with Crippen molar-refractivity contribution in [3.63, 3.8) is 0 Å². The highest BCUT2D eigenvalue weighted by Gasteiger charge is 2.32. The van der Waals surface area contributed by atoms with Crippen LogP contribution in [0.5, 0.6) is 0 Å². The third-order valence-electron chi connectivity index (χ3n) is 4.69. The second-order valence-corrected chi connectivity index (χ2v) is 7.76. The van der Waals surface area contributed by atoms with Gasteiger partial charge in [-0.05, 0) is 12.5 Å². The number of fused-ring (bicyclic) bond motifs is 1. The molecule has 140 valence electrons. The Hall–Kier alpha value is -2.78. The van der Waals surface area contributed by atoms with Gasteiger partial charge in [0.1, 0.15) is 4.90 Å². The highest BCUT2D eigenvalue weighted by atomic mass is 32.2. The summed E-state index contributed by atoms with van der Waals surface area (Å²) >= 11 is 0. The Kier molecular flexibility index (Phi) is 4.63. The standard InChI is InChI=1S/C18H19N5O3S/c1-12-17(7-19-20-12)27(26)23-9-14-8-22(10-16(14)21-23)18(25)15(11-24)13-5-3-2-4-6-13/h2-7,9,15,24H,8,10-11H2,1H3,(H,19,20). The van der Waals surface area contributed by atoms with Gasteiger partial charge in [0, 0.05) is 18.3 Å². The van der Waals surface area contributed by atoms with Crippen LogP contribution in [-0.4, -0.2) is 46.1 Å². The number of aryl methyl sites for hydroxylation is 1. The molecular weight excluding hydrogens is 366 g/mol. The fraction of sp³-hybridized carbons (Fsp3) is 0.278. The lowest BCUT2D eigenvalue weighted by Gasteiger charge is -2.22. The van der Waals surface area contributed by atoms with E-state index in [1.54, 1.807) is 18.0 Å². The summed E-state index contributed by atoms with van der Waals surface area (Å²) in [5.41, 5.74) is 3.11. The average Bonchev–Trinajstić information content (AvgIpc) is 3.37. The van der Waals surface area contributed by atoms with Gasteiger partial charge in [-0.1, -0.05) is 30.3 Å². The Labute approximate surface area is 158 Å². The smallest absolute Gasteiger partial charge is 0.233 e. The SMILES string of the molecule is Cc1[nH]ncc1S(=O)n1cc2c(n1)CN(C(=O)C(CO)c1ccccc1)C2. The molecule has 3 aromatic rings. The normalized spacial score (nSPS) is 15.6. The summed E-state index contributed by atoms with van der Waals surface area (Å²) in [6.07, 6.45) is 3.24. The number of nitrogens with one attached hydrogen (secondary N) is 1. The summed E-state index contributed by atoms with van der Waals surface area (Å²) < 4.78 is 14.0. The molecule has 0 radical (unpaired) electrons. The van der Waals surface area contributed by atoms with Crippen LogP contribution in [0.15, 0.2) is 47.6 Å². The van der Waals surface area contributed by atoms with Crippen LogP contribution in [0.4, 0.5) is 0 Å². The molecule has 2 atom stereocenters. The highest BCUT2D eigenvalue weighted by molar-refractivity contribution is 7.83. The third kappa shape index (κ3) is 3.19. The summed E-state index contributed by atoms with van der Waals surface area (Å²) in [4.78, 5) is 15.1. The molecule has 2 N–H and O–H groups in total. The van der Waals surface area contributed by atoms with Crippen molar-refractivity contribution in [2.45, 2.75) is 30.8 Å². The van der Waals surface area contributed by atoms with E-state index in [1.165, 1.54) is 10.3 Å². The highest BCUT2D eigenvalue weighted by Crippen LogP contribution is 2.27. The largest absolute Gasteiger partial charge is 0.395 e. The molecule has 8 nitrogen and oxygen atoms in total. The van der Waals surface area contributed by atoms with E-state index in [4.69, 9.17) is 0 Å². The zero-order chi connectivity index (χ0) is 19.0. The first-order chi connectivity index (χ1) is 13.1. The third-order valence-corrected chi connectivity index (χ3v) is 6.01. The van der Waals surface area contributed by atoms with Crippen LogP contribution in [-0.2, 0) is 28.9 Å². The second kappa shape index (κ2) is 7.09. The van der Waals surface area contributed by atoms with Crippen LogP contribution >= 0.6 is 0 Å². The zero-order valence-electron chi connectivity index (χ0n) is 14.7. The van der Waals surface area contributed by atoms with E-state index in [-0.39, 0.29) is 12.5 Å². The summed E-state index contributed by atoms with van der Waals surface area (Å²) in [6.45, 7) is 2.28. The van der Waals surface area contributed by atoms with E-state index in [0.29, 0.717) is 18.0 Å². The van der Waals surface area contributed by atoms with Crippen molar-refractivity contribution in [3.05, 3.63) is 65.2 Å². The van der Waals surface area contributed by atoms with Crippen molar-refractivity contribution in [2.24, 2.45) is 0 Å². The molecule has 0 saturated heterocycles. The molecule has 27 heavy (non-hydrogen) atoms. The number of aromatic nitrogens is 4. The minimum atomic E-state index is -1.48. The Balaban J connectivity index is 1.50. The molecule has 4 rings (SSSR count). The summed E-state index contributed by atoms with van der Waals surface area (Å²) in [7, 11) is -1.48. The predicted octanol–water partition coefficient (Wildman–Crippen LogP) is 1.10. The Morgan fingerprint density at radius 1 is 1.33 bits per heavy atom. The molecule has 2 aromatic heterocycles. The molecule has 1 amide bonds. The number of hydrogen-bond donors (Lipinski definition) is 2. The van der Waals surface area contributed by atoms with Gasteiger partial charge in [-0.2, -0.15) is 14.3 Å². The zero-order valence-corrected chi connectivity index (χ0v) is 15.5. The van der Waals surface area contributed by atoms with Gasteiger partial charge in [-0.15, -0.1) is 0 Å². The maximum atomic E-state index is 12.9. The number of benzene rings is 1. The molecule has 0 fully saturated rings. The lowest BCUT2D eigenvalue weighted by atomic mass is 9.98. The molecule has 3 heterocycles. The Bertz CT molecular complexity index is 974. The van der Waals surface area contributed by atoms with E-state index in [2.05, 4.69) is 15.3 Å². The van der Waals surface area contributed by atoms with Gasteiger partial charge in [0.25, 0.3) is 0 Å². The van der Waals surface area contributed by atoms with E-state index in [0.717, 1.165) is 22.5 Å². The number of carbonyl (C=O) groups excluding carboxylic acids is 1. The Morgan fingerprint density at radius 3 is 2.74 bits per heavy atom. The predicted molar refractivity (Wildman–Crippen MR) is 97.9 cm³/mol. The van der Waals surface area contributed by atoms with Crippen molar-refractivity contribution in [2.75, 3.05) is 6.61 Å². The van der Waals surface area contributed by atoms with Crippen LogP contribution in [0.2, 0.25) is 0 Å². The van der Waals surface area contributed by atoms with Crippen LogP contribution in [0.25, 0.3) is 0 Å². The van der Waals surface area contributed by atoms with Crippen LogP contribution in [0.3, 0.4) is 0 Å². The number of H-pyrrole nitrogens is 1. The number of aliphatic hydroxyl groups is 1. The van der Waals surface area contributed by atoms with Crippen molar-refractivity contribution in [3.8, 4) is 0 Å². The second-order valence-electron chi connectivity index (χ2n) is 6.45. The fourth-order valence-electron chi connectivity index (χ4n) is 3.22. The summed E-state index contributed by atoms with van der Waals surface area (Å²) in [5, 5.41) is 20.8. The minimum absolute atomic E-state index is 0.139. The van der Waals surface area contributed by atoms with Gasteiger partial charge in [0.2, 0.25) is 5.91 Å². The molecule has 0 spiro atoms. The lowest BCUT2D eigenvalue weighted by molar-refractivity contribution is -0.134. The number of hydrogen-bond acceptors (Lipinski definition) is 5. The van der Waals surface area contributed by atoms with Gasteiger partial charge in [0.15, 0.2) is 11.0 Å². The molecular formula is C18H19N5O3S. The van der Waals surface area contributed by atoms with E-state index < -0.39 is 16.9 Å². The number of amides is 1. The van der Waals surface area contributed by atoms with E-state index in [9.17, 15) is 14.1 Å². The molecule has 1 aliphatic rings. The number of aliphatic hydroxyl groups excluding tert-OH is 1. The first-order valence-electron chi connectivity index (χ1n) is 8.52. The minimum Gasteiger partial charge on any atom is -0.395 e. The average molecular weight is 385 g/mol. The molecule has 0 aliphatic carbocycles. The van der Waals surface area contributed by atoms with Crippen molar-refractivity contribution in [1.82, 2.24) is 24.3 Å². The van der Waals surface area contributed by atoms with Gasteiger partial charge in [-0.25, -0.2) is 4.21 Å². The number of nitrogens with zero attached hydrogens (tertiary/aromatic N) is 4. The van der Waals surface area contributed by atoms with Gasteiger partial charge >= 0.3 is 0 Å². The topological polar surface area (TPSA) is 104 Å². The van der Waals surface area contributed by atoms with Gasteiger partial charge < -0.3 is 10.0 Å². The van der Waals surface area contributed by atoms with Crippen molar-refractivity contribution >= 4 is 16.9 Å². The molecule has 2 unspecified atom stereocenters. The van der Waals surface area contributed by atoms with Crippen LogP contribution in [0.1, 0.15) is 28.4 Å². The molecule has 1 aliphatic heterocycles. The van der Waals surface area contributed by atoms with Gasteiger partial charge in [-0.3, -0.25) is 9.89 Å². The molecule has 0 bridgehead atoms. The lowest BCUT2D eigenvalue weighted by Crippen LogP contribution is -2.32. The van der Waals surface area contributed by atoms with Gasteiger partial charge in [0.05, 0.1) is 36.7 Å². The maximum absolute atomic E-state index is 12.9. The summed E-state index contributed by atoms with van der Waals surface area (Å²) in [5.74, 6) is -0.731. The van der Waals surface area contributed by atoms with Crippen molar-refractivity contribution in [1.29, 1.82) is 0 Å². The summed E-state index contributed by atoms with van der Waals surface area (Å²) in [6, 6.07) is 9.25. The van der Waals surface area contributed by atoms with Crippen LogP contribution < -0.4 is 0 Å². The first-order valence-corrected chi connectivity index (χ1v) is 9.63. The van der Waals surface area contributed by atoms with E-state index in [1.807, 2.05) is 30.3 Å². The monoisotopic (exact) mass is 385 g/mol. The molecule has 0 saturated carbocycles. The Morgan fingerprint density at radius 2 is 2.11 bits per heavy atom. The number of aromatic amines is 1. The van der Waals surface area contributed by atoms with E-state index >= 15 is 0 Å². The molecule has 1 aromatic carbocycles. The maximum Gasteiger partial charge on any atom is 0.233 e. The van der Waals surface area contributed by atoms with Crippen molar-refractivity contribution < 1.29 is 14.1 Å².